The molecule has 8 heteroatoms. The molecule has 0 aromatic heterocycles. The molecule has 0 aliphatic carbocycles. The molecule has 1 unspecified atom stereocenters. The first-order chi connectivity index (χ1) is 13.3. The van der Waals surface area contributed by atoms with Gasteiger partial charge < -0.3 is 9.80 Å². The number of amides is 3. The highest BCUT2D eigenvalue weighted by molar-refractivity contribution is 6.05. The quantitative estimate of drug-likeness (QED) is 0.786. The van der Waals surface area contributed by atoms with Crippen LogP contribution in [0.3, 0.4) is 0 Å². The lowest BCUT2D eigenvalue weighted by Crippen LogP contribution is -2.52. The first-order valence-corrected chi connectivity index (χ1v) is 9.81. The maximum atomic E-state index is 14.8. The van der Waals surface area contributed by atoms with Crippen LogP contribution in [0.15, 0.2) is 12.1 Å². The lowest BCUT2D eigenvalue weighted by molar-refractivity contribution is -0.136. The second kappa shape index (κ2) is 7.16. The van der Waals surface area contributed by atoms with E-state index in [4.69, 9.17) is 0 Å². The van der Waals surface area contributed by atoms with Crippen LogP contribution < -0.4 is 10.2 Å². The van der Waals surface area contributed by atoms with E-state index in [-0.39, 0.29) is 24.8 Å². The van der Waals surface area contributed by atoms with Crippen LogP contribution in [0.4, 0.5) is 10.1 Å². The number of piperidine rings is 1. The minimum absolute atomic E-state index is 0.205. The van der Waals surface area contributed by atoms with Gasteiger partial charge in [-0.1, -0.05) is 0 Å². The molecule has 3 aliphatic rings. The molecule has 28 heavy (non-hydrogen) atoms. The van der Waals surface area contributed by atoms with E-state index >= 15 is 0 Å². The van der Waals surface area contributed by atoms with Gasteiger partial charge in [0.1, 0.15) is 11.9 Å². The Morgan fingerprint density at radius 1 is 1.11 bits per heavy atom. The molecule has 0 saturated carbocycles. The minimum atomic E-state index is -0.682. The summed E-state index contributed by atoms with van der Waals surface area (Å²) in [7, 11) is 0. The zero-order valence-corrected chi connectivity index (χ0v) is 16.2. The molecule has 3 amide bonds. The molecule has 4 rings (SSSR count). The lowest BCUT2D eigenvalue weighted by Gasteiger charge is -2.38. The van der Waals surface area contributed by atoms with E-state index in [1.54, 1.807) is 6.07 Å². The van der Waals surface area contributed by atoms with Gasteiger partial charge >= 0.3 is 0 Å². The van der Waals surface area contributed by atoms with Crippen molar-refractivity contribution >= 4 is 23.4 Å². The van der Waals surface area contributed by atoms with Crippen LogP contribution >= 0.6 is 0 Å². The number of hydrogen-bond acceptors (Lipinski definition) is 5. The maximum Gasteiger partial charge on any atom is 0.255 e. The van der Waals surface area contributed by atoms with E-state index < -0.39 is 17.8 Å². The number of halogens is 1. The van der Waals surface area contributed by atoms with Crippen molar-refractivity contribution < 1.29 is 18.8 Å². The highest BCUT2D eigenvalue weighted by atomic mass is 19.1. The smallest absolute Gasteiger partial charge is 0.255 e. The molecule has 1 aromatic rings. The molecule has 2 fully saturated rings. The number of hydrogen-bond donors (Lipinski definition) is 1. The number of carbonyl (C=O) groups excluding carboxylic acids is 3. The number of carbonyl (C=O) groups is 3. The van der Waals surface area contributed by atoms with Crippen LogP contribution in [0.2, 0.25) is 0 Å². The van der Waals surface area contributed by atoms with E-state index in [9.17, 15) is 18.8 Å². The van der Waals surface area contributed by atoms with E-state index in [0.717, 1.165) is 31.7 Å². The summed E-state index contributed by atoms with van der Waals surface area (Å²) >= 11 is 0. The molecule has 0 spiro atoms. The number of rotatable bonds is 3. The van der Waals surface area contributed by atoms with Gasteiger partial charge in [0, 0.05) is 50.7 Å². The summed E-state index contributed by atoms with van der Waals surface area (Å²) in [5.41, 5.74) is 1.56. The highest BCUT2D eigenvalue weighted by Gasteiger charge is 2.39. The highest BCUT2D eigenvalue weighted by Crippen LogP contribution is 2.33. The van der Waals surface area contributed by atoms with Crippen LogP contribution in [0.25, 0.3) is 0 Å². The van der Waals surface area contributed by atoms with Crippen LogP contribution in [0.1, 0.15) is 42.6 Å². The third kappa shape index (κ3) is 3.26. The van der Waals surface area contributed by atoms with Gasteiger partial charge in [0.15, 0.2) is 0 Å². The maximum absolute atomic E-state index is 14.8. The van der Waals surface area contributed by atoms with Crippen molar-refractivity contribution in [1.82, 2.24) is 15.1 Å². The van der Waals surface area contributed by atoms with Crippen molar-refractivity contribution in [2.24, 2.45) is 0 Å². The van der Waals surface area contributed by atoms with Crippen molar-refractivity contribution in [3.63, 3.8) is 0 Å². The molecule has 1 atom stereocenters. The van der Waals surface area contributed by atoms with Crippen molar-refractivity contribution in [3.05, 3.63) is 29.1 Å². The topological polar surface area (TPSA) is 73.0 Å². The van der Waals surface area contributed by atoms with Gasteiger partial charge in [0.25, 0.3) is 5.91 Å². The minimum Gasteiger partial charge on any atom is -0.367 e. The molecule has 0 bridgehead atoms. The standard InChI is InChI=1S/C20H25FN4O3/c1-12(2)23-5-7-24(8-6-23)17-9-13-11-25(20(28)14(13)10-15(17)21)16-3-4-18(26)22-19(16)27/h9-10,12,16H,3-8,11H2,1-2H3,(H,22,26,27). The van der Waals surface area contributed by atoms with E-state index in [1.807, 2.05) is 4.90 Å². The Hall–Kier alpha value is -2.48. The van der Waals surface area contributed by atoms with Crippen molar-refractivity contribution in [2.75, 3.05) is 31.1 Å². The zero-order valence-electron chi connectivity index (χ0n) is 16.2. The molecule has 3 heterocycles. The van der Waals surface area contributed by atoms with Gasteiger partial charge in [-0.3, -0.25) is 24.6 Å². The molecule has 150 valence electrons. The molecule has 1 N–H and O–H groups in total. The number of piperazine rings is 1. The van der Waals surface area contributed by atoms with Crippen molar-refractivity contribution in [1.29, 1.82) is 0 Å². The number of nitrogens with one attached hydrogen (secondary N) is 1. The van der Waals surface area contributed by atoms with Crippen molar-refractivity contribution in [2.45, 2.75) is 45.3 Å². The summed E-state index contributed by atoms with van der Waals surface area (Å²) in [6, 6.07) is 2.83. The Balaban J connectivity index is 1.53. The third-order valence-corrected chi connectivity index (χ3v) is 5.98. The fourth-order valence-corrected chi connectivity index (χ4v) is 4.30. The Morgan fingerprint density at radius 3 is 2.46 bits per heavy atom. The number of nitrogens with zero attached hydrogens (tertiary/aromatic N) is 3. The molecule has 7 nitrogen and oxygen atoms in total. The van der Waals surface area contributed by atoms with Crippen LogP contribution in [-0.4, -0.2) is 65.8 Å². The summed E-state index contributed by atoms with van der Waals surface area (Å²) in [6.07, 6.45) is 0.507. The van der Waals surface area contributed by atoms with Crippen LogP contribution in [0.5, 0.6) is 0 Å². The van der Waals surface area contributed by atoms with Crippen LogP contribution in [0, 0.1) is 5.82 Å². The summed E-state index contributed by atoms with van der Waals surface area (Å²) in [4.78, 5) is 42.1. The van der Waals surface area contributed by atoms with E-state index in [1.165, 1.54) is 11.0 Å². The van der Waals surface area contributed by atoms with Gasteiger partial charge in [0.05, 0.1) is 5.69 Å². The molecule has 0 radical (unpaired) electrons. The Kier molecular flexibility index (Phi) is 4.82. The fraction of sp³-hybridized carbons (Fsp3) is 0.550. The third-order valence-electron chi connectivity index (χ3n) is 5.98. The largest absolute Gasteiger partial charge is 0.367 e. The summed E-state index contributed by atoms with van der Waals surface area (Å²) in [5, 5.41) is 2.28. The lowest BCUT2D eigenvalue weighted by atomic mass is 10.0. The van der Waals surface area contributed by atoms with Crippen molar-refractivity contribution in [3.8, 4) is 0 Å². The second-order valence-corrected chi connectivity index (χ2v) is 7.98. The molecule has 1 aromatic carbocycles. The molecule has 3 aliphatic heterocycles. The zero-order chi connectivity index (χ0) is 20.0. The summed E-state index contributed by atoms with van der Waals surface area (Å²) in [6.45, 7) is 7.78. The van der Waals surface area contributed by atoms with Gasteiger partial charge in [-0.15, -0.1) is 0 Å². The predicted octanol–water partition coefficient (Wildman–Crippen LogP) is 1.12. The fourth-order valence-electron chi connectivity index (χ4n) is 4.30. The number of fused-ring (bicyclic) bond motifs is 1. The summed E-state index contributed by atoms with van der Waals surface area (Å²) < 4.78 is 14.8. The summed E-state index contributed by atoms with van der Waals surface area (Å²) in [5.74, 6) is -1.53. The number of anilines is 1. The average molecular weight is 388 g/mol. The van der Waals surface area contributed by atoms with Crippen LogP contribution in [-0.2, 0) is 16.1 Å². The van der Waals surface area contributed by atoms with E-state index in [0.29, 0.717) is 23.7 Å². The Bertz CT molecular complexity index is 833. The van der Waals surface area contributed by atoms with Gasteiger partial charge in [-0.05, 0) is 38.0 Å². The first kappa shape index (κ1) is 18.9. The number of benzene rings is 1. The SMILES string of the molecule is CC(C)N1CCN(c2cc3c(cc2F)C(=O)N(C2CCC(=O)NC2=O)C3)CC1. The van der Waals surface area contributed by atoms with Gasteiger partial charge in [-0.25, -0.2) is 4.39 Å². The second-order valence-electron chi connectivity index (χ2n) is 7.98. The molecule has 2 saturated heterocycles. The average Bonchev–Trinajstić information content (AvgIpc) is 2.97. The Morgan fingerprint density at radius 2 is 1.82 bits per heavy atom. The van der Waals surface area contributed by atoms with Gasteiger partial charge in [-0.2, -0.15) is 0 Å². The monoisotopic (exact) mass is 388 g/mol. The van der Waals surface area contributed by atoms with Gasteiger partial charge in [0.2, 0.25) is 11.8 Å². The predicted molar refractivity (Wildman–Crippen MR) is 101 cm³/mol. The normalized spacial score (nSPS) is 23.4. The first-order valence-electron chi connectivity index (χ1n) is 9.81. The Labute approximate surface area is 163 Å². The molecular weight excluding hydrogens is 363 g/mol. The number of imide groups is 1. The molecular formula is C20H25FN4O3. The van der Waals surface area contributed by atoms with E-state index in [2.05, 4.69) is 24.1 Å².